The van der Waals surface area contributed by atoms with Gasteiger partial charge in [0.2, 0.25) is 0 Å². The molecule has 0 amide bonds. The molecule has 0 saturated heterocycles. The Morgan fingerprint density at radius 2 is 0.480 bits per heavy atom. The van der Waals surface area contributed by atoms with Crippen LogP contribution in [0.25, 0.3) is 0 Å². The van der Waals surface area contributed by atoms with Crippen molar-refractivity contribution in [2.75, 3.05) is 39.6 Å². The summed E-state index contributed by atoms with van der Waals surface area (Å²) in [6.45, 7) is 14.3. The van der Waals surface area contributed by atoms with Crippen LogP contribution in [-0.4, -0.2) is 96.7 Å². The summed E-state index contributed by atoms with van der Waals surface area (Å²) in [5.74, 6) is 1.00. The second kappa shape index (κ2) is 70.1. The van der Waals surface area contributed by atoms with Gasteiger partial charge in [0.25, 0.3) is 0 Å². The van der Waals surface area contributed by atoms with Crippen molar-refractivity contribution in [3.05, 3.63) is 0 Å². The van der Waals surface area contributed by atoms with Gasteiger partial charge in [0.1, 0.15) is 19.3 Å². The number of hydrogen-bond acceptors (Lipinski definition) is 15. The minimum absolute atomic E-state index is 0.106. The number of rotatable bonds is 78. The van der Waals surface area contributed by atoms with Crippen molar-refractivity contribution in [1.82, 2.24) is 0 Å². The average molecular weight is 1470 g/mol. The van der Waals surface area contributed by atoms with E-state index in [1.54, 1.807) is 0 Å². The normalized spacial score (nSPS) is 14.3. The van der Waals surface area contributed by atoms with Crippen LogP contribution in [0.3, 0.4) is 0 Å². The minimum Gasteiger partial charge on any atom is -0.462 e. The molecule has 594 valence electrons. The summed E-state index contributed by atoms with van der Waals surface area (Å²) >= 11 is 0. The lowest BCUT2D eigenvalue weighted by Gasteiger charge is -2.21. The maximum Gasteiger partial charge on any atom is 0.472 e. The number of ether oxygens (including phenoxy) is 4. The third kappa shape index (κ3) is 73.0. The van der Waals surface area contributed by atoms with Crippen LogP contribution in [0.1, 0.15) is 415 Å². The van der Waals surface area contributed by atoms with Crippen molar-refractivity contribution in [2.24, 2.45) is 23.7 Å². The van der Waals surface area contributed by atoms with Crippen molar-refractivity contribution >= 4 is 39.5 Å². The van der Waals surface area contributed by atoms with Crippen LogP contribution < -0.4 is 0 Å². The Bertz CT molecular complexity index is 1960. The molecule has 0 aromatic heterocycles. The summed E-state index contributed by atoms with van der Waals surface area (Å²) in [6.07, 6.45) is 56.9. The van der Waals surface area contributed by atoms with E-state index >= 15 is 0 Å². The quantitative estimate of drug-likeness (QED) is 0.0222. The van der Waals surface area contributed by atoms with E-state index in [1.165, 1.54) is 212 Å². The standard InChI is InChI=1S/C81H158O17P2/c1-9-74(8)60-52-44-36-28-24-25-31-39-48-56-64-81(86)97-76(67-91-78(83)61-53-45-37-29-22-18-15-14-17-21-27-34-42-50-58-72(4)5)69-95-99(87,88)93-65-75(82)66-94-100(89,90)96-70-77(68-92-79(84)62-54-46-40-32-35-43-51-59-73(6)7)98-80(85)63-55-47-38-30-23-19-13-11-10-12-16-20-26-33-41-49-57-71(2)3/h71-77,82H,9-70H2,1-8H3,(H,87,88)(H,89,90)/t74?,75?,76-,77-/m1/s1. The van der Waals surface area contributed by atoms with E-state index in [0.29, 0.717) is 31.6 Å². The van der Waals surface area contributed by atoms with Gasteiger partial charge in [0.15, 0.2) is 12.2 Å². The van der Waals surface area contributed by atoms with E-state index in [1.807, 2.05) is 0 Å². The summed E-state index contributed by atoms with van der Waals surface area (Å²) in [4.78, 5) is 73.0. The number of carbonyl (C=O) groups is 4. The minimum atomic E-state index is -4.96. The van der Waals surface area contributed by atoms with Gasteiger partial charge in [-0.15, -0.1) is 0 Å². The molecule has 3 N–H and O–H groups in total. The fourth-order valence-electron chi connectivity index (χ4n) is 12.4. The first-order chi connectivity index (χ1) is 48.1. The van der Waals surface area contributed by atoms with Crippen molar-refractivity contribution < 1.29 is 80.2 Å². The van der Waals surface area contributed by atoms with Crippen LogP contribution in [0.15, 0.2) is 0 Å². The van der Waals surface area contributed by atoms with Gasteiger partial charge in [0.05, 0.1) is 26.4 Å². The maximum absolute atomic E-state index is 13.1. The molecule has 0 aromatic rings. The zero-order valence-corrected chi connectivity index (χ0v) is 67.6. The smallest absolute Gasteiger partial charge is 0.462 e. The number of unbranched alkanes of at least 4 members (excludes halogenated alkanes) is 43. The van der Waals surface area contributed by atoms with Crippen LogP contribution in [-0.2, 0) is 65.4 Å². The molecule has 0 fully saturated rings. The molecule has 0 aliphatic heterocycles. The monoisotopic (exact) mass is 1470 g/mol. The molecule has 17 nitrogen and oxygen atoms in total. The summed E-state index contributed by atoms with van der Waals surface area (Å²) in [6, 6.07) is 0. The highest BCUT2D eigenvalue weighted by Crippen LogP contribution is 2.45. The van der Waals surface area contributed by atoms with Gasteiger partial charge in [-0.05, 0) is 49.4 Å². The lowest BCUT2D eigenvalue weighted by Crippen LogP contribution is -2.30. The van der Waals surface area contributed by atoms with Gasteiger partial charge in [-0.2, -0.15) is 0 Å². The van der Waals surface area contributed by atoms with Crippen LogP contribution >= 0.6 is 15.6 Å². The van der Waals surface area contributed by atoms with Crippen LogP contribution in [0.4, 0.5) is 0 Å². The van der Waals surface area contributed by atoms with Gasteiger partial charge in [0, 0.05) is 25.7 Å². The molecular weight excluding hydrogens is 1310 g/mol. The number of hydrogen-bond donors (Lipinski definition) is 3. The number of esters is 4. The van der Waals surface area contributed by atoms with Crippen LogP contribution in [0, 0.1) is 23.7 Å². The second-order valence-electron chi connectivity index (χ2n) is 30.8. The highest BCUT2D eigenvalue weighted by Gasteiger charge is 2.30. The van der Waals surface area contributed by atoms with Gasteiger partial charge >= 0.3 is 39.5 Å². The van der Waals surface area contributed by atoms with Gasteiger partial charge < -0.3 is 33.8 Å². The Morgan fingerprint density at radius 1 is 0.280 bits per heavy atom. The van der Waals surface area contributed by atoms with Crippen LogP contribution in [0.5, 0.6) is 0 Å². The molecule has 0 aromatic carbocycles. The van der Waals surface area contributed by atoms with Crippen LogP contribution in [0.2, 0.25) is 0 Å². The van der Waals surface area contributed by atoms with E-state index in [2.05, 4.69) is 55.4 Å². The van der Waals surface area contributed by atoms with Gasteiger partial charge in [-0.3, -0.25) is 37.3 Å². The molecule has 0 aliphatic rings. The molecule has 0 heterocycles. The van der Waals surface area contributed by atoms with Crippen molar-refractivity contribution in [3.63, 3.8) is 0 Å². The molecule has 100 heavy (non-hydrogen) atoms. The van der Waals surface area contributed by atoms with Crippen molar-refractivity contribution in [3.8, 4) is 0 Å². The number of carbonyl (C=O) groups excluding carboxylic acids is 4. The highest BCUT2D eigenvalue weighted by atomic mass is 31.2. The molecular formula is C81H158O17P2. The summed E-state index contributed by atoms with van der Waals surface area (Å²) in [7, 11) is -9.92. The Kier molecular flexibility index (Phi) is 68.7. The predicted octanol–water partition coefficient (Wildman–Crippen LogP) is 24.0. The van der Waals surface area contributed by atoms with Gasteiger partial charge in [-0.25, -0.2) is 9.13 Å². The maximum atomic E-state index is 13.1. The second-order valence-corrected chi connectivity index (χ2v) is 33.7. The fraction of sp³-hybridized carbons (Fsp3) is 0.951. The first-order valence-electron chi connectivity index (χ1n) is 41.7. The van der Waals surface area contributed by atoms with E-state index in [4.69, 9.17) is 37.0 Å². The van der Waals surface area contributed by atoms with E-state index < -0.39 is 97.5 Å². The first-order valence-corrected chi connectivity index (χ1v) is 44.7. The molecule has 0 bridgehead atoms. The zero-order valence-electron chi connectivity index (χ0n) is 65.8. The van der Waals surface area contributed by atoms with E-state index in [-0.39, 0.29) is 25.7 Å². The number of aliphatic hydroxyl groups excluding tert-OH is 1. The third-order valence-corrected chi connectivity index (χ3v) is 21.1. The topological polar surface area (TPSA) is 237 Å². The molecule has 0 radical (unpaired) electrons. The summed E-state index contributed by atoms with van der Waals surface area (Å²) < 4.78 is 68.7. The van der Waals surface area contributed by atoms with Crippen molar-refractivity contribution in [1.29, 1.82) is 0 Å². The lowest BCUT2D eigenvalue weighted by molar-refractivity contribution is -0.161. The lowest BCUT2D eigenvalue weighted by atomic mass is 9.99. The largest absolute Gasteiger partial charge is 0.472 e. The number of phosphoric acid groups is 2. The first kappa shape index (κ1) is 98.1. The summed E-state index contributed by atoms with van der Waals surface area (Å²) in [5, 5.41) is 10.6. The Morgan fingerprint density at radius 3 is 0.710 bits per heavy atom. The third-order valence-electron chi connectivity index (χ3n) is 19.2. The Hall–Kier alpha value is -1.94. The molecule has 0 saturated carbocycles. The molecule has 0 rings (SSSR count). The predicted molar refractivity (Wildman–Crippen MR) is 409 cm³/mol. The SMILES string of the molecule is CCC(C)CCCCCCCCCCCCC(=O)O[C@H](COC(=O)CCCCCCCCCCCCCCCCC(C)C)COP(=O)(O)OCC(O)COP(=O)(O)OC[C@@H](COC(=O)CCCCCCCCCC(C)C)OC(=O)CCCCCCCCCCCCCCCCCCC(C)C. The van der Waals surface area contributed by atoms with Crippen molar-refractivity contribution in [2.45, 2.75) is 433 Å². The summed E-state index contributed by atoms with van der Waals surface area (Å²) in [5.41, 5.74) is 0. The Balaban J connectivity index is 5.23. The highest BCUT2D eigenvalue weighted by molar-refractivity contribution is 7.47. The van der Waals surface area contributed by atoms with E-state index in [9.17, 15) is 43.2 Å². The van der Waals surface area contributed by atoms with E-state index in [0.717, 1.165) is 114 Å². The molecule has 4 unspecified atom stereocenters. The molecule has 6 atom stereocenters. The molecule has 0 spiro atoms. The fourth-order valence-corrected chi connectivity index (χ4v) is 14.0. The molecule has 0 aliphatic carbocycles. The van der Waals surface area contributed by atoms with Gasteiger partial charge in [-0.1, -0.05) is 364 Å². The average Bonchev–Trinajstić information content (AvgIpc) is 0.915. The molecule has 19 heteroatoms. The Labute approximate surface area is 613 Å². The zero-order chi connectivity index (χ0) is 73.8. The number of phosphoric ester groups is 2. The number of aliphatic hydroxyl groups is 1.